The molecule has 0 fully saturated rings. The molecule has 1 heterocycles. The van der Waals surface area contributed by atoms with E-state index in [-0.39, 0.29) is 6.04 Å². The molecule has 4 rings (SSSR count). The van der Waals surface area contributed by atoms with E-state index in [1.807, 2.05) is 12.1 Å². The summed E-state index contributed by atoms with van der Waals surface area (Å²) >= 11 is 0. The highest BCUT2D eigenvalue weighted by Gasteiger charge is 2.25. The third kappa shape index (κ3) is 5.31. The zero-order chi connectivity index (χ0) is 23.4. The van der Waals surface area contributed by atoms with Gasteiger partial charge in [-0.25, -0.2) is 0 Å². The van der Waals surface area contributed by atoms with Crippen LogP contribution in [0.5, 0.6) is 5.75 Å². The number of anilines is 1. The van der Waals surface area contributed by atoms with Crippen molar-refractivity contribution < 1.29 is 4.74 Å². The molecule has 33 heavy (non-hydrogen) atoms. The van der Waals surface area contributed by atoms with Gasteiger partial charge in [-0.3, -0.25) is 10.4 Å². The summed E-state index contributed by atoms with van der Waals surface area (Å²) in [5.74, 6) is 1.92. The van der Waals surface area contributed by atoms with Crippen LogP contribution in [0.1, 0.15) is 67.8 Å². The number of nitrogens with zero attached hydrogens (tertiary/aromatic N) is 1. The fourth-order valence-corrected chi connectivity index (χ4v) is 4.05. The molecule has 0 saturated heterocycles. The Hall–Kier alpha value is -3.46. The predicted octanol–water partition coefficient (Wildman–Crippen LogP) is 7.61. The number of ether oxygens (including phenoxy) is 1. The zero-order valence-electron chi connectivity index (χ0n) is 20.2. The van der Waals surface area contributed by atoms with E-state index in [9.17, 15) is 0 Å². The number of hydrazine groups is 1. The first-order chi connectivity index (χ1) is 15.9. The molecule has 0 spiro atoms. The average molecular weight is 439 g/mol. The molecule has 170 valence electrons. The van der Waals surface area contributed by atoms with Crippen molar-refractivity contribution in [1.82, 2.24) is 5.43 Å². The van der Waals surface area contributed by atoms with Crippen LogP contribution in [0, 0.1) is 0 Å². The lowest BCUT2D eigenvalue weighted by Gasteiger charge is -2.27. The zero-order valence-corrected chi connectivity index (χ0v) is 20.2. The van der Waals surface area contributed by atoms with E-state index >= 15 is 0 Å². The average Bonchev–Trinajstić information content (AvgIpc) is 3.27. The van der Waals surface area contributed by atoms with Crippen LogP contribution >= 0.6 is 0 Å². The standard InChI is InChI=1S/C30H34N2O/c1-21(2)24-9-6-23(7-10-24)8-15-27-20-30(26-13-11-25(12-14-26)22(3)4)32(31-27)28-16-18-29(33-5)19-17-28/h6-22,30-31H,1-5H3. The smallest absolute Gasteiger partial charge is 0.119 e. The van der Waals surface area contributed by atoms with Crippen LogP contribution in [-0.2, 0) is 0 Å². The Morgan fingerprint density at radius 2 is 1.33 bits per heavy atom. The quantitative estimate of drug-likeness (QED) is 0.411. The summed E-state index contributed by atoms with van der Waals surface area (Å²) in [5.41, 5.74) is 10.9. The highest BCUT2D eigenvalue weighted by atomic mass is 16.5. The van der Waals surface area contributed by atoms with Gasteiger partial charge in [-0.05, 0) is 70.5 Å². The van der Waals surface area contributed by atoms with Crippen molar-refractivity contribution in [3.63, 3.8) is 0 Å². The monoisotopic (exact) mass is 438 g/mol. The third-order valence-electron chi connectivity index (χ3n) is 6.22. The molecule has 1 aliphatic rings. The molecule has 1 aliphatic heterocycles. The normalized spacial score (nSPS) is 15.9. The summed E-state index contributed by atoms with van der Waals surface area (Å²) in [7, 11) is 1.69. The minimum atomic E-state index is 0.0996. The molecule has 0 amide bonds. The van der Waals surface area contributed by atoms with E-state index in [0.717, 1.165) is 17.1 Å². The molecule has 0 radical (unpaired) electrons. The molecule has 0 aromatic heterocycles. The van der Waals surface area contributed by atoms with Crippen LogP contribution in [0.3, 0.4) is 0 Å². The Bertz CT molecular complexity index is 1110. The fourth-order valence-electron chi connectivity index (χ4n) is 4.05. The van der Waals surface area contributed by atoms with Crippen molar-refractivity contribution in [2.24, 2.45) is 0 Å². The first kappa shape index (κ1) is 22.7. The van der Waals surface area contributed by atoms with Crippen LogP contribution in [0.4, 0.5) is 5.69 Å². The van der Waals surface area contributed by atoms with Gasteiger partial charge < -0.3 is 4.74 Å². The van der Waals surface area contributed by atoms with Gasteiger partial charge in [-0.2, -0.15) is 0 Å². The number of nitrogens with one attached hydrogen (secondary N) is 1. The Labute approximate surface area is 198 Å². The van der Waals surface area contributed by atoms with Gasteiger partial charge in [-0.1, -0.05) is 82.3 Å². The minimum Gasteiger partial charge on any atom is -0.497 e. The SMILES string of the molecule is COc1ccc(N2NC(C=Cc3ccc(C(C)C)cc3)=CC2c2ccc(C(C)C)cc2)cc1. The number of methoxy groups -OCH3 is 1. The molecule has 1 atom stereocenters. The highest BCUT2D eigenvalue weighted by Crippen LogP contribution is 2.34. The van der Waals surface area contributed by atoms with Crippen molar-refractivity contribution in [3.8, 4) is 5.75 Å². The molecular formula is C30H34N2O. The van der Waals surface area contributed by atoms with E-state index in [0.29, 0.717) is 11.8 Å². The van der Waals surface area contributed by atoms with Crippen molar-refractivity contribution in [2.75, 3.05) is 12.1 Å². The van der Waals surface area contributed by atoms with Crippen molar-refractivity contribution in [3.05, 3.63) is 113 Å². The van der Waals surface area contributed by atoms with E-state index in [2.05, 4.69) is 117 Å². The minimum absolute atomic E-state index is 0.0996. The van der Waals surface area contributed by atoms with Crippen molar-refractivity contribution in [1.29, 1.82) is 0 Å². The van der Waals surface area contributed by atoms with Gasteiger partial charge in [0, 0.05) is 0 Å². The first-order valence-corrected chi connectivity index (χ1v) is 11.7. The Balaban J connectivity index is 1.61. The molecule has 3 aromatic rings. The molecule has 0 saturated carbocycles. The van der Waals surface area contributed by atoms with Crippen molar-refractivity contribution >= 4 is 11.8 Å². The number of hydrogen-bond donors (Lipinski definition) is 1. The maximum absolute atomic E-state index is 5.35. The van der Waals surface area contributed by atoms with E-state index in [1.54, 1.807) is 7.11 Å². The van der Waals surface area contributed by atoms with E-state index in [1.165, 1.54) is 22.3 Å². The molecular weight excluding hydrogens is 404 g/mol. The van der Waals surface area contributed by atoms with Crippen LogP contribution in [0.2, 0.25) is 0 Å². The molecule has 3 aromatic carbocycles. The second-order valence-corrected chi connectivity index (χ2v) is 9.22. The summed E-state index contributed by atoms with van der Waals surface area (Å²) in [6.45, 7) is 8.90. The molecule has 1 unspecified atom stereocenters. The lowest BCUT2D eigenvalue weighted by Crippen LogP contribution is -2.34. The van der Waals surface area contributed by atoms with Gasteiger partial charge in [0.05, 0.1) is 24.5 Å². The van der Waals surface area contributed by atoms with Crippen LogP contribution in [0.15, 0.2) is 90.6 Å². The Morgan fingerprint density at radius 1 is 0.758 bits per heavy atom. The lowest BCUT2D eigenvalue weighted by molar-refractivity contribution is 0.415. The van der Waals surface area contributed by atoms with Gasteiger partial charge >= 0.3 is 0 Å². The Kier molecular flexibility index (Phi) is 6.88. The highest BCUT2D eigenvalue weighted by molar-refractivity contribution is 5.59. The van der Waals surface area contributed by atoms with Gasteiger partial charge in [0.2, 0.25) is 0 Å². The van der Waals surface area contributed by atoms with Crippen LogP contribution in [-0.4, -0.2) is 7.11 Å². The summed E-state index contributed by atoms with van der Waals surface area (Å²) < 4.78 is 5.35. The first-order valence-electron chi connectivity index (χ1n) is 11.7. The summed E-state index contributed by atoms with van der Waals surface area (Å²) in [6, 6.07) is 26.0. The second-order valence-electron chi connectivity index (χ2n) is 9.22. The topological polar surface area (TPSA) is 24.5 Å². The predicted molar refractivity (Wildman–Crippen MR) is 140 cm³/mol. The maximum atomic E-state index is 5.35. The maximum Gasteiger partial charge on any atom is 0.119 e. The number of allylic oxidation sites excluding steroid dienone is 1. The molecule has 0 bridgehead atoms. The lowest BCUT2D eigenvalue weighted by atomic mass is 9.98. The van der Waals surface area contributed by atoms with Gasteiger partial charge in [0.15, 0.2) is 0 Å². The Morgan fingerprint density at radius 3 is 1.88 bits per heavy atom. The summed E-state index contributed by atoms with van der Waals surface area (Å²) in [6.07, 6.45) is 6.61. The molecule has 3 heteroatoms. The number of rotatable bonds is 7. The van der Waals surface area contributed by atoms with Crippen LogP contribution in [0.25, 0.3) is 6.08 Å². The van der Waals surface area contributed by atoms with Gasteiger partial charge in [0.25, 0.3) is 0 Å². The fraction of sp³-hybridized carbons (Fsp3) is 0.267. The second kappa shape index (κ2) is 9.99. The number of benzene rings is 3. The van der Waals surface area contributed by atoms with Crippen LogP contribution < -0.4 is 15.2 Å². The molecule has 3 nitrogen and oxygen atoms in total. The van der Waals surface area contributed by atoms with E-state index in [4.69, 9.17) is 4.74 Å². The number of hydrogen-bond acceptors (Lipinski definition) is 3. The van der Waals surface area contributed by atoms with Gasteiger partial charge in [0.1, 0.15) is 5.75 Å². The largest absolute Gasteiger partial charge is 0.497 e. The molecule has 0 aliphatic carbocycles. The van der Waals surface area contributed by atoms with Gasteiger partial charge in [-0.15, -0.1) is 0 Å². The summed E-state index contributed by atoms with van der Waals surface area (Å²) in [4.78, 5) is 0. The van der Waals surface area contributed by atoms with E-state index < -0.39 is 0 Å². The third-order valence-corrected chi connectivity index (χ3v) is 6.22. The summed E-state index contributed by atoms with van der Waals surface area (Å²) in [5, 5.41) is 2.21. The molecule has 1 N–H and O–H groups in total. The van der Waals surface area contributed by atoms with Crippen molar-refractivity contribution in [2.45, 2.75) is 45.6 Å².